The van der Waals surface area contributed by atoms with Crippen molar-refractivity contribution >= 4 is 17.3 Å². The van der Waals surface area contributed by atoms with Crippen molar-refractivity contribution in [2.75, 3.05) is 32.8 Å². The van der Waals surface area contributed by atoms with Crippen molar-refractivity contribution in [3.8, 4) is 0 Å². The minimum atomic E-state index is -1.49. The van der Waals surface area contributed by atoms with Crippen LogP contribution in [0.25, 0.3) is 0 Å². The van der Waals surface area contributed by atoms with Crippen LogP contribution in [0, 0.1) is 0 Å². The van der Waals surface area contributed by atoms with Gasteiger partial charge in [0, 0.05) is 0 Å². The summed E-state index contributed by atoms with van der Waals surface area (Å²) in [7, 11) is 0. The Labute approximate surface area is 147 Å². The normalized spacial score (nSPS) is 12.6. The molecule has 3 atom stereocenters. The second-order valence-corrected chi connectivity index (χ2v) is 4.71. The molecule has 0 aromatic heterocycles. The van der Waals surface area contributed by atoms with E-state index in [4.69, 9.17) is 42.7 Å². The van der Waals surface area contributed by atoms with E-state index in [2.05, 4.69) is 0 Å². The molecule has 11 nitrogen and oxygen atoms in total. The van der Waals surface area contributed by atoms with Crippen LogP contribution in [0.5, 0.6) is 0 Å². The average Bonchev–Trinajstić information content (AvgIpc) is 2.60. The number of carbonyl (C=O) groups excluding carboxylic acids is 3. The Kier molecular flexibility index (Phi) is 28.6. The van der Waals surface area contributed by atoms with Crippen molar-refractivity contribution in [1.82, 2.24) is 0 Å². The van der Waals surface area contributed by atoms with Gasteiger partial charge in [-0.3, -0.25) is 14.4 Å². The SMILES string of the molecule is CC(=O)CN.CC(=O)CN.CC(=O)CN.OC[C@@H](O)C(O)[C@@H](O)CO. The molecule has 0 fully saturated rings. The summed E-state index contributed by atoms with van der Waals surface area (Å²) in [6, 6.07) is 0. The highest BCUT2D eigenvalue weighted by Crippen LogP contribution is 1.97. The fourth-order valence-electron chi connectivity index (χ4n) is 0.472. The summed E-state index contributed by atoms with van der Waals surface area (Å²) in [5.74, 6) is 0.0972. The van der Waals surface area contributed by atoms with Crippen LogP contribution in [0.3, 0.4) is 0 Å². The fraction of sp³-hybridized carbons (Fsp3) is 0.786. The Morgan fingerprint density at radius 3 is 0.920 bits per heavy atom. The molecule has 11 heteroatoms. The number of ketones is 3. The van der Waals surface area contributed by atoms with E-state index in [9.17, 15) is 14.4 Å². The zero-order valence-corrected chi connectivity index (χ0v) is 15.0. The number of rotatable bonds is 7. The van der Waals surface area contributed by atoms with Gasteiger partial charge >= 0.3 is 0 Å². The first-order valence-corrected chi connectivity index (χ1v) is 7.29. The molecule has 0 aliphatic carbocycles. The smallest absolute Gasteiger partial charge is 0.143 e. The van der Waals surface area contributed by atoms with Gasteiger partial charge in [0.05, 0.1) is 32.8 Å². The second-order valence-electron chi connectivity index (χ2n) is 4.71. The summed E-state index contributed by atoms with van der Waals surface area (Å²) in [6.45, 7) is 3.59. The van der Waals surface area contributed by atoms with Gasteiger partial charge in [-0.25, -0.2) is 0 Å². The van der Waals surface area contributed by atoms with E-state index in [1.807, 2.05) is 0 Å². The number of hydrogen-bond donors (Lipinski definition) is 8. The van der Waals surface area contributed by atoms with Crippen LogP contribution in [-0.4, -0.2) is 94.0 Å². The van der Waals surface area contributed by atoms with E-state index in [1.165, 1.54) is 20.8 Å². The monoisotopic (exact) mass is 371 g/mol. The molecule has 0 spiro atoms. The van der Waals surface area contributed by atoms with Gasteiger partial charge in [0.1, 0.15) is 35.7 Å². The first kappa shape index (κ1) is 31.5. The van der Waals surface area contributed by atoms with Crippen molar-refractivity contribution in [1.29, 1.82) is 0 Å². The van der Waals surface area contributed by atoms with E-state index >= 15 is 0 Å². The molecule has 0 radical (unpaired) electrons. The lowest BCUT2D eigenvalue weighted by molar-refractivity contribution is -0.116. The molecule has 0 bridgehead atoms. The van der Waals surface area contributed by atoms with Gasteiger partial charge in [0.15, 0.2) is 0 Å². The third-order valence-electron chi connectivity index (χ3n) is 2.02. The predicted molar refractivity (Wildman–Crippen MR) is 91.4 cm³/mol. The third-order valence-corrected chi connectivity index (χ3v) is 2.02. The lowest BCUT2D eigenvalue weighted by Gasteiger charge is -2.19. The molecular weight excluding hydrogens is 338 g/mol. The molecule has 152 valence electrons. The highest BCUT2D eigenvalue weighted by atomic mass is 16.4. The largest absolute Gasteiger partial charge is 0.394 e. The fourth-order valence-corrected chi connectivity index (χ4v) is 0.472. The number of aliphatic hydroxyl groups is 5. The van der Waals surface area contributed by atoms with Crippen molar-refractivity contribution in [2.45, 2.75) is 39.1 Å². The minimum Gasteiger partial charge on any atom is -0.394 e. The summed E-state index contributed by atoms with van der Waals surface area (Å²) in [4.78, 5) is 29.1. The van der Waals surface area contributed by atoms with Gasteiger partial charge < -0.3 is 42.7 Å². The van der Waals surface area contributed by atoms with Crippen LogP contribution in [-0.2, 0) is 14.4 Å². The molecule has 0 saturated heterocycles. The van der Waals surface area contributed by atoms with Crippen molar-refractivity contribution in [3.05, 3.63) is 0 Å². The highest BCUT2D eigenvalue weighted by molar-refractivity contribution is 5.77. The molecule has 0 saturated carbocycles. The predicted octanol–water partition coefficient (Wildman–Crippen LogP) is -4.34. The van der Waals surface area contributed by atoms with Gasteiger partial charge in [-0.2, -0.15) is 0 Å². The molecular formula is C14H33N3O8. The summed E-state index contributed by atoms with van der Waals surface area (Å²) in [6.07, 6.45) is -4.29. The maximum Gasteiger partial charge on any atom is 0.143 e. The van der Waals surface area contributed by atoms with Gasteiger partial charge in [-0.05, 0) is 20.8 Å². The van der Waals surface area contributed by atoms with E-state index in [0.29, 0.717) is 0 Å². The van der Waals surface area contributed by atoms with Gasteiger partial charge in [0.25, 0.3) is 0 Å². The molecule has 0 amide bonds. The summed E-state index contributed by atoms with van der Waals surface area (Å²) >= 11 is 0. The van der Waals surface area contributed by atoms with E-state index in [0.717, 1.165) is 0 Å². The van der Waals surface area contributed by atoms with Crippen LogP contribution >= 0.6 is 0 Å². The summed E-state index contributed by atoms with van der Waals surface area (Å²) in [5.41, 5.74) is 14.5. The maximum atomic E-state index is 9.69. The second kappa shape index (κ2) is 22.7. The van der Waals surface area contributed by atoms with Gasteiger partial charge in [-0.15, -0.1) is 0 Å². The van der Waals surface area contributed by atoms with Crippen LogP contribution in [0.4, 0.5) is 0 Å². The lowest BCUT2D eigenvalue weighted by atomic mass is 10.1. The molecule has 11 N–H and O–H groups in total. The molecule has 1 unspecified atom stereocenters. The Morgan fingerprint density at radius 2 is 0.840 bits per heavy atom. The molecule has 0 aliphatic heterocycles. The number of nitrogens with two attached hydrogens (primary N) is 3. The van der Waals surface area contributed by atoms with Gasteiger partial charge in [-0.1, -0.05) is 0 Å². The Balaban J connectivity index is -0.000000126. The quantitative estimate of drug-likeness (QED) is 0.213. The zero-order chi connectivity index (χ0) is 21.0. The van der Waals surface area contributed by atoms with Crippen LogP contribution in [0.15, 0.2) is 0 Å². The molecule has 0 aromatic rings. The Bertz CT molecular complexity index is 299. The van der Waals surface area contributed by atoms with Crippen LogP contribution < -0.4 is 17.2 Å². The molecule has 0 aliphatic rings. The first-order chi connectivity index (χ1) is 11.4. The van der Waals surface area contributed by atoms with Crippen molar-refractivity contribution in [3.63, 3.8) is 0 Å². The van der Waals surface area contributed by atoms with E-state index in [1.54, 1.807) is 0 Å². The first-order valence-electron chi connectivity index (χ1n) is 7.29. The molecule has 0 heterocycles. The minimum absolute atomic E-state index is 0.0324. The highest BCUT2D eigenvalue weighted by Gasteiger charge is 2.22. The Hall–Kier alpha value is -1.31. The van der Waals surface area contributed by atoms with Gasteiger partial charge in [0.2, 0.25) is 0 Å². The summed E-state index contributed by atoms with van der Waals surface area (Å²) < 4.78 is 0. The standard InChI is InChI=1S/C5H12O5.3C3H7NO/c6-1-3(8)5(10)4(9)2-7;3*1-3(5)2-4/h3-10H,1-2H2;3*2,4H2,1H3/t3-,4+,5?;;;. The lowest BCUT2D eigenvalue weighted by Crippen LogP contribution is -2.41. The van der Waals surface area contributed by atoms with E-state index < -0.39 is 31.5 Å². The summed E-state index contributed by atoms with van der Waals surface area (Å²) in [5, 5.41) is 42.6. The molecule has 0 aromatic carbocycles. The number of hydrogen-bond acceptors (Lipinski definition) is 11. The van der Waals surface area contributed by atoms with E-state index in [-0.39, 0.29) is 37.0 Å². The Morgan fingerprint density at radius 1 is 0.680 bits per heavy atom. The topological polar surface area (TPSA) is 230 Å². The maximum absolute atomic E-state index is 9.69. The van der Waals surface area contributed by atoms with Crippen LogP contribution in [0.1, 0.15) is 20.8 Å². The number of aliphatic hydroxyl groups excluding tert-OH is 5. The van der Waals surface area contributed by atoms with Crippen molar-refractivity contribution in [2.24, 2.45) is 17.2 Å². The number of Topliss-reactive ketones (excluding diaryl/α,β-unsaturated/α-hetero) is 3. The molecule has 0 rings (SSSR count). The third kappa shape index (κ3) is 34.9. The molecule has 25 heavy (non-hydrogen) atoms. The number of carbonyl (C=O) groups is 3. The van der Waals surface area contributed by atoms with Crippen molar-refractivity contribution < 1.29 is 39.9 Å². The average molecular weight is 371 g/mol. The zero-order valence-electron chi connectivity index (χ0n) is 15.0. The van der Waals surface area contributed by atoms with Crippen LogP contribution in [0.2, 0.25) is 0 Å².